The molecule has 35 heavy (non-hydrogen) atoms. The van der Waals surface area contributed by atoms with Gasteiger partial charge in [0.2, 0.25) is 0 Å². The van der Waals surface area contributed by atoms with Gasteiger partial charge in [-0.2, -0.15) is 0 Å². The van der Waals surface area contributed by atoms with Crippen LogP contribution in [0.1, 0.15) is 33.0 Å². The Balaban J connectivity index is 1.34. The van der Waals surface area contributed by atoms with Gasteiger partial charge in [0.25, 0.3) is 5.91 Å². The van der Waals surface area contributed by atoms with Gasteiger partial charge in [0.1, 0.15) is 22.3 Å². The van der Waals surface area contributed by atoms with E-state index in [0.717, 1.165) is 49.8 Å². The summed E-state index contributed by atoms with van der Waals surface area (Å²) >= 11 is 1.41. The average Bonchev–Trinajstić information content (AvgIpc) is 3.34. The summed E-state index contributed by atoms with van der Waals surface area (Å²) < 4.78 is 33.0. The highest BCUT2D eigenvalue weighted by atomic mass is 32.1. The Bertz CT molecular complexity index is 1090. The van der Waals surface area contributed by atoms with E-state index >= 15 is 0 Å². The molecule has 4 rings (SSSR count). The van der Waals surface area contributed by atoms with Crippen molar-refractivity contribution in [1.29, 1.82) is 0 Å². The summed E-state index contributed by atoms with van der Waals surface area (Å²) in [4.78, 5) is 21.4. The zero-order valence-corrected chi connectivity index (χ0v) is 20.4. The highest BCUT2D eigenvalue weighted by Gasteiger charge is 2.16. The summed E-state index contributed by atoms with van der Waals surface area (Å²) in [6.07, 6.45) is 0.872. The van der Waals surface area contributed by atoms with Gasteiger partial charge in [-0.25, -0.2) is 13.8 Å². The van der Waals surface area contributed by atoms with E-state index in [1.54, 1.807) is 35.7 Å². The number of hydrogen-bond acceptors (Lipinski definition) is 6. The first kappa shape index (κ1) is 25.4. The van der Waals surface area contributed by atoms with Crippen LogP contribution in [0.2, 0.25) is 0 Å². The smallest absolute Gasteiger partial charge is 0.270 e. The first-order chi connectivity index (χ1) is 17.1. The van der Waals surface area contributed by atoms with Gasteiger partial charge in [-0.1, -0.05) is 30.3 Å². The average molecular weight is 501 g/mol. The van der Waals surface area contributed by atoms with Gasteiger partial charge in [0, 0.05) is 43.7 Å². The van der Waals surface area contributed by atoms with E-state index < -0.39 is 0 Å². The maximum atomic E-state index is 14.3. The fourth-order valence-electron chi connectivity index (χ4n) is 3.98. The summed E-state index contributed by atoms with van der Waals surface area (Å²) in [5.41, 5.74) is 1.88. The number of amides is 1. The molecule has 3 aromatic rings. The van der Waals surface area contributed by atoms with Crippen LogP contribution >= 0.6 is 11.3 Å². The van der Waals surface area contributed by atoms with Crippen molar-refractivity contribution in [3.05, 3.63) is 87.4 Å². The zero-order chi connectivity index (χ0) is 24.5. The first-order valence-electron chi connectivity index (χ1n) is 11.8. The molecule has 1 fully saturated rings. The van der Waals surface area contributed by atoms with Crippen LogP contribution in [0.25, 0.3) is 0 Å². The van der Waals surface area contributed by atoms with Crippen LogP contribution in [-0.4, -0.2) is 60.1 Å². The van der Waals surface area contributed by atoms with Crippen molar-refractivity contribution in [2.24, 2.45) is 0 Å². The van der Waals surface area contributed by atoms with Gasteiger partial charge in [-0.05, 0) is 36.7 Å². The summed E-state index contributed by atoms with van der Waals surface area (Å²) in [5, 5.41) is 5.47. The summed E-state index contributed by atoms with van der Waals surface area (Å²) in [5.74, 6) is -0.753. The van der Waals surface area contributed by atoms with Gasteiger partial charge >= 0.3 is 0 Å². The lowest BCUT2D eigenvalue weighted by Gasteiger charge is -2.26. The lowest BCUT2D eigenvalue weighted by atomic mass is 10.1. The third-order valence-corrected chi connectivity index (χ3v) is 6.69. The molecule has 9 heteroatoms. The van der Waals surface area contributed by atoms with E-state index in [4.69, 9.17) is 4.74 Å². The van der Waals surface area contributed by atoms with E-state index in [1.807, 2.05) is 4.90 Å². The maximum absolute atomic E-state index is 14.3. The number of rotatable bonds is 11. The van der Waals surface area contributed by atoms with E-state index in [2.05, 4.69) is 15.2 Å². The van der Waals surface area contributed by atoms with Gasteiger partial charge < -0.3 is 10.1 Å². The molecular weight excluding hydrogens is 470 g/mol. The molecule has 1 aromatic heterocycles. The molecule has 186 valence electrons. The highest BCUT2D eigenvalue weighted by Crippen LogP contribution is 2.19. The zero-order valence-electron chi connectivity index (χ0n) is 19.6. The van der Waals surface area contributed by atoms with E-state index in [1.165, 1.54) is 29.5 Å². The fraction of sp³-hybridized carbons (Fsp3) is 0.385. The summed E-state index contributed by atoms with van der Waals surface area (Å²) in [7, 11) is 0. The van der Waals surface area contributed by atoms with Crippen LogP contribution in [0, 0.1) is 11.6 Å². The Morgan fingerprint density at radius 2 is 1.83 bits per heavy atom. The quantitative estimate of drug-likeness (QED) is 0.402. The van der Waals surface area contributed by atoms with Crippen molar-refractivity contribution in [1.82, 2.24) is 20.1 Å². The van der Waals surface area contributed by atoms with Crippen molar-refractivity contribution >= 4 is 17.2 Å². The fourth-order valence-corrected chi connectivity index (χ4v) is 4.80. The molecule has 0 saturated carbocycles. The molecule has 1 aliphatic heterocycles. The minimum absolute atomic E-state index is 0.186. The van der Waals surface area contributed by atoms with Crippen LogP contribution in [0.15, 0.2) is 53.9 Å². The number of morpholine rings is 1. The Hall–Kier alpha value is -2.72. The van der Waals surface area contributed by atoms with Gasteiger partial charge in [0.05, 0.1) is 19.8 Å². The Kier molecular flexibility index (Phi) is 9.30. The SMILES string of the molecule is O=C(NCCCN1CCOCC1)c1csc(CN(Cc2ccc(F)cc2)Cc2ccccc2F)n1. The first-order valence-corrected chi connectivity index (χ1v) is 12.7. The molecule has 1 N–H and O–H groups in total. The second kappa shape index (κ2) is 12.8. The maximum Gasteiger partial charge on any atom is 0.270 e. The van der Waals surface area contributed by atoms with Gasteiger partial charge in [0.15, 0.2) is 0 Å². The van der Waals surface area contributed by atoms with E-state index in [0.29, 0.717) is 37.4 Å². The normalized spacial score (nSPS) is 14.4. The van der Waals surface area contributed by atoms with Crippen molar-refractivity contribution in [2.45, 2.75) is 26.1 Å². The van der Waals surface area contributed by atoms with Crippen molar-refractivity contribution in [3.63, 3.8) is 0 Å². The molecule has 2 heterocycles. The predicted molar refractivity (Wildman–Crippen MR) is 132 cm³/mol. The molecule has 6 nitrogen and oxygen atoms in total. The second-order valence-corrected chi connectivity index (χ2v) is 9.50. The molecule has 0 spiro atoms. The van der Waals surface area contributed by atoms with Crippen LogP contribution in [0.5, 0.6) is 0 Å². The number of carbonyl (C=O) groups is 1. The molecule has 1 aliphatic rings. The van der Waals surface area contributed by atoms with Gasteiger partial charge in [-0.15, -0.1) is 11.3 Å². The number of aromatic nitrogens is 1. The van der Waals surface area contributed by atoms with Crippen LogP contribution < -0.4 is 5.32 Å². The molecule has 0 bridgehead atoms. The molecule has 1 saturated heterocycles. The lowest BCUT2D eigenvalue weighted by molar-refractivity contribution is 0.0374. The minimum atomic E-state index is -0.296. The number of halogens is 2. The number of benzene rings is 2. The number of nitrogens with one attached hydrogen (secondary N) is 1. The number of nitrogens with zero attached hydrogens (tertiary/aromatic N) is 3. The molecule has 1 amide bonds. The predicted octanol–water partition coefficient (Wildman–Crippen LogP) is 4.08. The molecule has 0 radical (unpaired) electrons. The minimum Gasteiger partial charge on any atom is -0.379 e. The van der Waals surface area contributed by atoms with Crippen molar-refractivity contribution < 1.29 is 18.3 Å². The number of hydrogen-bond donors (Lipinski definition) is 1. The molecular formula is C26H30F2N4O2S. The van der Waals surface area contributed by atoms with E-state index in [-0.39, 0.29) is 17.5 Å². The standard InChI is InChI=1S/C26H30F2N4O2S/c27-22-8-6-20(7-9-22)16-32(17-21-4-1-2-5-23(21)28)18-25-30-24(19-35-25)26(33)29-10-3-11-31-12-14-34-15-13-31/h1-2,4-9,19H,3,10-18H2,(H,29,33). The molecule has 0 aliphatic carbocycles. The third-order valence-electron chi connectivity index (χ3n) is 5.85. The number of ether oxygens (including phenoxy) is 1. The lowest BCUT2D eigenvalue weighted by Crippen LogP contribution is -2.38. The van der Waals surface area contributed by atoms with Crippen LogP contribution in [0.3, 0.4) is 0 Å². The summed E-state index contributed by atoms with van der Waals surface area (Å²) in [6.45, 7) is 6.24. The van der Waals surface area contributed by atoms with Crippen molar-refractivity contribution in [2.75, 3.05) is 39.4 Å². The monoisotopic (exact) mass is 500 g/mol. The third kappa shape index (κ3) is 7.90. The second-order valence-electron chi connectivity index (χ2n) is 8.55. The van der Waals surface area contributed by atoms with E-state index in [9.17, 15) is 13.6 Å². The molecule has 2 aromatic carbocycles. The number of carbonyl (C=O) groups excluding carboxylic acids is 1. The van der Waals surface area contributed by atoms with Crippen molar-refractivity contribution in [3.8, 4) is 0 Å². The Labute approximate surface area is 208 Å². The Morgan fingerprint density at radius 3 is 2.60 bits per heavy atom. The largest absolute Gasteiger partial charge is 0.379 e. The Morgan fingerprint density at radius 1 is 1.06 bits per heavy atom. The number of thiazole rings is 1. The summed E-state index contributed by atoms with van der Waals surface area (Å²) in [6, 6.07) is 12.9. The topological polar surface area (TPSA) is 57.7 Å². The van der Waals surface area contributed by atoms with Crippen LogP contribution in [0.4, 0.5) is 8.78 Å². The molecule has 0 atom stereocenters. The van der Waals surface area contributed by atoms with Gasteiger partial charge in [-0.3, -0.25) is 14.6 Å². The highest BCUT2D eigenvalue weighted by molar-refractivity contribution is 7.09. The van der Waals surface area contributed by atoms with Crippen LogP contribution in [-0.2, 0) is 24.4 Å². The molecule has 0 unspecified atom stereocenters.